The fraction of sp³-hybridized carbons (Fsp3) is 0.562. The number of carbonyl (C=O) groups is 2. The van der Waals surface area contributed by atoms with Crippen LogP contribution in [0, 0.1) is 0 Å². The molecule has 8 nitrogen and oxygen atoms in total. The summed E-state index contributed by atoms with van der Waals surface area (Å²) in [5, 5.41) is 2.62. The first-order valence-corrected chi connectivity index (χ1v) is 7.98. The van der Waals surface area contributed by atoms with Crippen LogP contribution in [0.2, 0.25) is 0 Å². The van der Waals surface area contributed by atoms with Crippen LogP contribution in [0.5, 0.6) is 5.88 Å². The molecule has 24 heavy (non-hydrogen) atoms. The number of hydrogen-bond donors (Lipinski definition) is 1. The standard InChI is InChI=1S/C16H21N3O5/c1-12(20)18-13-2-3-14(17-10-13)22-11-15(21)19-6-4-16(5-7-19)23-8-9-24-16/h2-3,10H,4-9,11H2,1H3,(H,18,20). The van der Waals surface area contributed by atoms with E-state index >= 15 is 0 Å². The molecule has 1 spiro atoms. The summed E-state index contributed by atoms with van der Waals surface area (Å²) in [6.45, 7) is 3.79. The molecule has 1 N–H and O–H groups in total. The molecule has 0 aromatic carbocycles. The van der Waals surface area contributed by atoms with Gasteiger partial charge in [0.25, 0.3) is 5.91 Å². The zero-order valence-electron chi connectivity index (χ0n) is 13.6. The Labute approximate surface area is 140 Å². The van der Waals surface area contributed by atoms with Crippen LogP contribution in [0.3, 0.4) is 0 Å². The lowest BCUT2D eigenvalue weighted by molar-refractivity contribution is -0.187. The molecule has 2 aliphatic heterocycles. The molecule has 0 aliphatic carbocycles. The Morgan fingerprint density at radius 2 is 2.00 bits per heavy atom. The Balaban J connectivity index is 1.45. The van der Waals surface area contributed by atoms with E-state index in [0.717, 1.165) is 0 Å². The Bertz CT molecular complexity index is 588. The van der Waals surface area contributed by atoms with Crippen molar-refractivity contribution in [2.45, 2.75) is 25.6 Å². The van der Waals surface area contributed by atoms with Gasteiger partial charge in [-0.05, 0) is 6.07 Å². The zero-order valence-corrected chi connectivity index (χ0v) is 13.6. The number of nitrogens with one attached hydrogen (secondary N) is 1. The topological polar surface area (TPSA) is 90.0 Å². The summed E-state index contributed by atoms with van der Waals surface area (Å²) in [5.41, 5.74) is 0.582. The lowest BCUT2D eigenvalue weighted by atomic mass is 10.0. The molecule has 0 radical (unpaired) electrons. The van der Waals surface area contributed by atoms with E-state index in [0.29, 0.717) is 50.7 Å². The van der Waals surface area contributed by atoms with Crippen molar-refractivity contribution in [2.75, 3.05) is 38.2 Å². The molecule has 0 atom stereocenters. The number of hydrogen-bond acceptors (Lipinski definition) is 6. The molecule has 0 bridgehead atoms. The molecule has 1 aromatic rings. The predicted octanol–water partition coefficient (Wildman–Crippen LogP) is 0.784. The van der Waals surface area contributed by atoms with E-state index in [-0.39, 0.29) is 18.4 Å². The van der Waals surface area contributed by atoms with E-state index in [1.807, 2.05) is 0 Å². The fourth-order valence-corrected chi connectivity index (χ4v) is 2.85. The van der Waals surface area contributed by atoms with E-state index < -0.39 is 5.79 Å². The molecule has 1 aromatic heterocycles. The predicted molar refractivity (Wildman–Crippen MR) is 84.5 cm³/mol. The third-order valence-electron chi connectivity index (χ3n) is 4.09. The van der Waals surface area contributed by atoms with Gasteiger partial charge in [-0.15, -0.1) is 0 Å². The third-order valence-corrected chi connectivity index (χ3v) is 4.09. The van der Waals surface area contributed by atoms with E-state index in [1.165, 1.54) is 13.1 Å². The third kappa shape index (κ3) is 4.01. The van der Waals surface area contributed by atoms with E-state index in [4.69, 9.17) is 14.2 Å². The maximum absolute atomic E-state index is 12.2. The van der Waals surface area contributed by atoms with Crippen molar-refractivity contribution < 1.29 is 23.8 Å². The number of carbonyl (C=O) groups excluding carboxylic acids is 2. The highest BCUT2D eigenvalue weighted by molar-refractivity contribution is 5.88. The van der Waals surface area contributed by atoms with Gasteiger partial charge in [-0.1, -0.05) is 0 Å². The van der Waals surface area contributed by atoms with Gasteiger partial charge in [-0.25, -0.2) is 4.98 Å². The van der Waals surface area contributed by atoms with Crippen LogP contribution in [0.25, 0.3) is 0 Å². The second-order valence-electron chi connectivity index (χ2n) is 5.84. The van der Waals surface area contributed by atoms with Crippen molar-refractivity contribution in [3.05, 3.63) is 18.3 Å². The molecule has 2 saturated heterocycles. The first kappa shape index (κ1) is 16.7. The lowest BCUT2D eigenvalue weighted by Crippen LogP contribution is -2.48. The fourth-order valence-electron chi connectivity index (χ4n) is 2.85. The second-order valence-corrected chi connectivity index (χ2v) is 5.84. The van der Waals surface area contributed by atoms with Crippen LogP contribution in [-0.2, 0) is 19.1 Å². The first-order valence-electron chi connectivity index (χ1n) is 7.98. The number of rotatable bonds is 4. The average Bonchev–Trinajstić information content (AvgIpc) is 3.02. The van der Waals surface area contributed by atoms with Crippen molar-refractivity contribution in [3.63, 3.8) is 0 Å². The van der Waals surface area contributed by atoms with Gasteiger partial charge >= 0.3 is 0 Å². The van der Waals surface area contributed by atoms with Crippen LogP contribution in [0.15, 0.2) is 18.3 Å². The second kappa shape index (κ2) is 7.14. The Morgan fingerprint density at radius 3 is 2.58 bits per heavy atom. The molecule has 3 rings (SSSR count). The van der Waals surface area contributed by atoms with Gasteiger partial charge in [-0.3, -0.25) is 9.59 Å². The monoisotopic (exact) mass is 335 g/mol. The Kier molecular flexibility index (Phi) is 4.96. The molecule has 2 fully saturated rings. The summed E-state index contributed by atoms with van der Waals surface area (Å²) in [5.74, 6) is -0.402. The number of amides is 2. The van der Waals surface area contributed by atoms with Crippen LogP contribution < -0.4 is 10.1 Å². The van der Waals surface area contributed by atoms with Crippen molar-refractivity contribution >= 4 is 17.5 Å². The van der Waals surface area contributed by atoms with Gasteiger partial charge in [-0.2, -0.15) is 0 Å². The molecule has 2 aliphatic rings. The number of aromatic nitrogens is 1. The average molecular weight is 335 g/mol. The highest BCUT2D eigenvalue weighted by atomic mass is 16.7. The molecule has 0 unspecified atom stereocenters. The van der Waals surface area contributed by atoms with Crippen molar-refractivity contribution in [3.8, 4) is 5.88 Å². The summed E-state index contributed by atoms with van der Waals surface area (Å²) in [7, 11) is 0. The van der Waals surface area contributed by atoms with Crippen LogP contribution in [-0.4, -0.2) is 60.4 Å². The Morgan fingerprint density at radius 1 is 1.29 bits per heavy atom. The summed E-state index contributed by atoms with van der Waals surface area (Å²) >= 11 is 0. The maximum atomic E-state index is 12.2. The minimum Gasteiger partial charge on any atom is -0.468 e. The molecular weight excluding hydrogens is 314 g/mol. The number of piperidine rings is 1. The largest absolute Gasteiger partial charge is 0.468 e. The quantitative estimate of drug-likeness (QED) is 0.875. The van der Waals surface area contributed by atoms with Gasteiger partial charge < -0.3 is 24.4 Å². The number of likely N-dealkylation sites (tertiary alicyclic amines) is 1. The number of nitrogens with zero attached hydrogens (tertiary/aromatic N) is 2. The molecule has 3 heterocycles. The van der Waals surface area contributed by atoms with E-state index in [9.17, 15) is 9.59 Å². The van der Waals surface area contributed by atoms with Crippen LogP contribution in [0.4, 0.5) is 5.69 Å². The molecular formula is C16H21N3O5. The molecule has 2 amide bonds. The highest BCUT2D eigenvalue weighted by Crippen LogP contribution is 2.31. The van der Waals surface area contributed by atoms with Gasteiger partial charge in [0, 0.05) is 38.9 Å². The minimum atomic E-state index is -0.487. The van der Waals surface area contributed by atoms with Gasteiger partial charge in [0.2, 0.25) is 11.8 Å². The molecule has 130 valence electrons. The van der Waals surface area contributed by atoms with Gasteiger partial charge in [0.15, 0.2) is 12.4 Å². The minimum absolute atomic E-state index is 0.0683. The summed E-state index contributed by atoms with van der Waals surface area (Å²) < 4.78 is 16.7. The normalized spacial score (nSPS) is 19.3. The summed E-state index contributed by atoms with van der Waals surface area (Å²) in [6, 6.07) is 3.29. The van der Waals surface area contributed by atoms with Crippen LogP contribution >= 0.6 is 0 Å². The number of pyridine rings is 1. The van der Waals surface area contributed by atoms with Gasteiger partial charge in [0.05, 0.1) is 25.1 Å². The Hall–Kier alpha value is -2.19. The first-order chi connectivity index (χ1) is 11.6. The highest BCUT2D eigenvalue weighted by Gasteiger charge is 2.40. The molecule has 0 saturated carbocycles. The SMILES string of the molecule is CC(=O)Nc1ccc(OCC(=O)N2CCC3(CC2)OCCO3)nc1. The smallest absolute Gasteiger partial charge is 0.260 e. The summed E-state index contributed by atoms with van der Waals surface area (Å²) in [4.78, 5) is 29.0. The van der Waals surface area contributed by atoms with Crippen molar-refractivity contribution in [2.24, 2.45) is 0 Å². The van der Waals surface area contributed by atoms with E-state index in [1.54, 1.807) is 17.0 Å². The maximum Gasteiger partial charge on any atom is 0.260 e. The molecule has 8 heteroatoms. The van der Waals surface area contributed by atoms with E-state index in [2.05, 4.69) is 10.3 Å². The number of ether oxygens (including phenoxy) is 3. The number of anilines is 1. The van der Waals surface area contributed by atoms with Gasteiger partial charge in [0.1, 0.15) is 0 Å². The van der Waals surface area contributed by atoms with Crippen molar-refractivity contribution in [1.29, 1.82) is 0 Å². The van der Waals surface area contributed by atoms with Crippen LogP contribution in [0.1, 0.15) is 19.8 Å². The zero-order chi connectivity index (χ0) is 17.0. The summed E-state index contributed by atoms with van der Waals surface area (Å²) in [6.07, 6.45) is 2.85. The lowest BCUT2D eigenvalue weighted by Gasteiger charge is -2.37. The van der Waals surface area contributed by atoms with Crippen molar-refractivity contribution in [1.82, 2.24) is 9.88 Å².